The summed E-state index contributed by atoms with van der Waals surface area (Å²) in [5, 5.41) is 15.1. The number of carbonyl (C=O) groups is 1. The van der Waals surface area contributed by atoms with Crippen molar-refractivity contribution in [2.24, 2.45) is 0 Å². The Bertz CT molecular complexity index is 965. The molecule has 7 heteroatoms. The maximum atomic E-state index is 12.4. The molecule has 3 aromatic rings. The summed E-state index contributed by atoms with van der Waals surface area (Å²) in [5.41, 5.74) is 2.31. The third-order valence-corrected chi connectivity index (χ3v) is 3.58. The fourth-order valence-electron chi connectivity index (χ4n) is 2.35. The van der Waals surface area contributed by atoms with Crippen molar-refractivity contribution in [1.29, 1.82) is 5.26 Å². The third kappa shape index (κ3) is 4.19. The van der Waals surface area contributed by atoms with Crippen molar-refractivity contribution in [2.45, 2.75) is 13.5 Å². The molecule has 3 rings (SSSR count). The quantitative estimate of drug-likeness (QED) is 0.737. The molecular weight excluding hydrogens is 328 g/mol. The molecule has 0 aliphatic carbocycles. The summed E-state index contributed by atoms with van der Waals surface area (Å²) in [7, 11) is 0. The van der Waals surface area contributed by atoms with Crippen LogP contribution in [0.15, 0.2) is 54.9 Å². The number of nitriles is 1. The average Bonchev–Trinajstić information content (AvgIpc) is 2.67. The smallest absolute Gasteiger partial charge is 0.270 e. The van der Waals surface area contributed by atoms with Gasteiger partial charge in [-0.1, -0.05) is 12.1 Å². The van der Waals surface area contributed by atoms with E-state index in [9.17, 15) is 10.1 Å². The molecule has 2 N–H and O–H groups in total. The number of aromatic nitrogens is 3. The van der Waals surface area contributed by atoms with Crippen LogP contribution in [0.4, 0.5) is 11.5 Å². The molecule has 1 aromatic carbocycles. The van der Waals surface area contributed by atoms with Crippen LogP contribution in [-0.4, -0.2) is 20.9 Å². The predicted octanol–water partition coefficient (Wildman–Crippen LogP) is 2.73. The van der Waals surface area contributed by atoms with E-state index in [1.165, 1.54) is 0 Å². The van der Waals surface area contributed by atoms with E-state index in [1.54, 1.807) is 43.6 Å². The Morgan fingerprint density at radius 2 is 1.92 bits per heavy atom. The number of carbonyl (C=O) groups excluding carboxylic acids is 1. The lowest BCUT2D eigenvalue weighted by Gasteiger charge is -2.10. The molecule has 0 spiro atoms. The lowest BCUT2D eigenvalue weighted by molar-refractivity contribution is 0.0945. The first-order valence-electron chi connectivity index (χ1n) is 7.94. The number of benzene rings is 1. The van der Waals surface area contributed by atoms with E-state index >= 15 is 0 Å². The second-order valence-electron chi connectivity index (χ2n) is 5.51. The number of para-hydroxylation sites is 1. The zero-order valence-corrected chi connectivity index (χ0v) is 14.1. The van der Waals surface area contributed by atoms with Crippen LogP contribution in [0.3, 0.4) is 0 Å². The molecule has 0 aliphatic rings. The summed E-state index contributed by atoms with van der Waals surface area (Å²) >= 11 is 0. The molecule has 0 fully saturated rings. The fraction of sp³-hybridized carbons (Fsp3) is 0.105. The van der Waals surface area contributed by atoms with Crippen molar-refractivity contribution in [3.63, 3.8) is 0 Å². The summed E-state index contributed by atoms with van der Waals surface area (Å²) in [5.74, 6) is 0.608. The molecule has 0 radical (unpaired) electrons. The van der Waals surface area contributed by atoms with Crippen LogP contribution in [0.5, 0.6) is 0 Å². The van der Waals surface area contributed by atoms with Gasteiger partial charge in [0.1, 0.15) is 23.4 Å². The average molecular weight is 344 g/mol. The minimum atomic E-state index is -0.302. The number of pyridine rings is 1. The van der Waals surface area contributed by atoms with Crippen LogP contribution in [0.1, 0.15) is 27.4 Å². The van der Waals surface area contributed by atoms with E-state index < -0.39 is 0 Å². The molecule has 0 unspecified atom stereocenters. The maximum Gasteiger partial charge on any atom is 0.270 e. The van der Waals surface area contributed by atoms with Gasteiger partial charge in [-0.05, 0) is 36.8 Å². The molecule has 0 aliphatic heterocycles. The molecule has 128 valence electrons. The molecule has 0 atom stereocenters. The first kappa shape index (κ1) is 17.0. The second-order valence-corrected chi connectivity index (χ2v) is 5.51. The number of hydrogen-bond donors (Lipinski definition) is 2. The summed E-state index contributed by atoms with van der Waals surface area (Å²) in [6.07, 6.45) is 3.34. The largest absolute Gasteiger partial charge is 0.347 e. The number of nitrogens with zero attached hydrogens (tertiary/aromatic N) is 4. The van der Waals surface area contributed by atoms with Gasteiger partial charge in [-0.3, -0.25) is 9.78 Å². The zero-order chi connectivity index (χ0) is 18.4. The summed E-state index contributed by atoms with van der Waals surface area (Å²) in [6, 6.07) is 14.4. The van der Waals surface area contributed by atoms with E-state index in [2.05, 4.69) is 31.7 Å². The van der Waals surface area contributed by atoms with Gasteiger partial charge < -0.3 is 10.6 Å². The van der Waals surface area contributed by atoms with Crippen LogP contribution in [0, 0.1) is 18.3 Å². The van der Waals surface area contributed by atoms with Crippen molar-refractivity contribution >= 4 is 17.4 Å². The second kappa shape index (κ2) is 7.85. The number of rotatable bonds is 5. The van der Waals surface area contributed by atoms with Crippen molar-refractivity contribution < 1.29 is 4.79 Å². The topological polar surface area (TPSA) is 104 Å². The Balaban J connectivity index is 1.77. The molecule has 26 heavy (non-hydrogen) atoms. The SMILES string of the molecule is Cc1nc(Nc2ccccc2C#N)cc(C(=O)NCc2ccncc2)n1. The number of hydrogen-bond acceptors (Lipinski definition) is 6. The van der Waals surface area contributed by atoms with Gasteiger partial charge in [0.15, 0.2) is 0 Å². The zero-order valence-electron chi connectivity index (χ0n) is 14.1. The van der Waals surface area contributed by atoms with Crippen LogP contribution >= 0.6 is 0 Å². The number of aryl methyl sites for hydroxylation is 1. The Morgan fingerprint density at radius 1 is 1.15 bits per heavy atom. The van der Waals surface area contributed by atoms with Gasteiger partial charge >= 0.3 is 0 Å². The molecular formula is C19H16N6O. The van der Waals surface area contributed by atoms with Gasteiger partial charge in [0.2, 0.25) is 0 Å². The van der Waals surface area contributed by atoms with E-state index in [1.807, 2.05) is 18.2 Å². The van der Waals surface area contributed by atoms with Crippen LogP contribution in [0.25, 0.3) is 0 Å². The number of anilines is 2. The fourth-order valence-corrected chi connectivity index (χ4v) is 2.35. The van der Waals surface area contributed by atoms with Gasteiger partial charge in [-0.25, -0.2) is 9.97 Å². The van der Waals surface area contributed by atoms with Crippen molar-refractivity contribution in [3.8, 4) is 6.07 Å². The Labute approximate surface area is 150 Å². The molecule has 2 heterocycles. The number of nitrogens with one attached hydrogen (secondary N) is 2. The molecule has 7 nitrogen and oxygen atoms in total. The van der Waals surface area contributed by atoms with Crippen molar-refractivity contribution in [3.05, 3.63) is 77.5 Å². The Morgan fingerprint density at radius 3 is 2.69 bits per heavy atom. The molecule has 0 bridgehead atoms. The molecule has 0 saturated heterocycles. The van der Waals surface area contributed by atoms with Crippen LogP contribution < -0.4 is 10.6 Å². The minimum Gasteiger partial charge on any atom is -0.347 e. The van der Waals surface area contributed by atoms with Gasteiger partial charge in [-0.2, -0.15) is 5.26 Å². The summed E-state index contributed by atoms with van der Waals surface area (Å²) in [4.78, 5) is 24.8. The molecule has 2 aromatic heterocycles. The van der Waals surface area contributed by atoms with E-state index in [0.717, 1.165) is 5.56 Å². The van der Waals surface area contributed by atoms with Gasteiger partial charge in [-0.15, -0.1) is 0 Å². The molecule has 0 saturated carbocycles. The van der Waals surface area contributed by atoms with Gasteiger partial charge in [0, 0.05) is 25.0 Å². The maximum absolute atomic E-state index is 12.4. The first-order chi connectivity index (χ1) is 12.7. The Hall–Kier alpha value is -3.79. The lowest BCUT2D eigenvalue weighted by atomic mass is 10.2. The monoisotopic (exact) mass is 344 g/mol. The number of amides is 1. The lowest BCUT2D eigenvalue weighted by Crippen LogP contribution is -2.24. The van der Waals surface area contributed by atoms with Crippen molar-refractivity contribution in [1.82, 2.24) is 20.3 Å². The van der Waals surface area contributed by atoms with Crippen LogP contribution in [0.2, 0.25) is 0 Å². The van der Waals surface area contributed by atoms with Gasteiger partial charge in [0.25, 0.3) is 5.91 Å². The van der Waals surface area contributed by atoms with E-state index in [0.29, 0.717) is 29.4 Å². The standard InChI is InChI=1S/C19H16N6O/c1-13-23-17(19(26)22-12-14-6-8-21-9-7-14)10-18(24-13)25-16-5-3-2-4-15(16)11-20/h2-10H,12H2,1H3,(H,22,26)(H,23,24,25). The highest BCUT2D eigenvalue weighted by atomic mass is 16.1. The van der Waals surface area contributed by atoms with E-state index in [-0.39, 0.29) is 11.6 Å². The summed E-state index contributed by atoms with van der Waals surface area (Å²) < 4.78 is 0. The van der Waals surface area contributed by atoms with Gasteiger partial charge in [0.05, 0.1) is 11.3 Å². The highest BCUT2D eigenvalue weighted by molar-refractivity contribution is 5.93. The normalized spacial score (nSPS) is 10.0. The van der Waals surface area contributed by atoms with Crippen molar-refractivity contribution in [2.75, 3.05) is 5.32 Å². The third-order valence-electron chi connectivity index (χ3n) is 3.58. The highest BCUT2D eigenvalue weighted by Crippen LogP contribution is 2.19. The van der Waals surface area contributed by atoms with E-state index in [4.69, 9.17) is 0 Å². The summed E-state index contributed by atoms with van der Waals surface area (Å²) in [6.45, 7) is 2.09. The highest BCUT2D eigenvalue weighted by Gasteiger charge is 2.11. The predicted molar refractivity (Wildman–Crippen MR) is 96.6 cm³/mol. The van der Waals surface area contributed by atoms with Crippen LogP contribution in [-0.2, 0) is 6.54 Å². The first-order valence-corrected chi connectivity index (χ1v) is 7.94. The molecule has 1 amide bonds. The Kier molecular flexibility index (Phi) is 5.15. The minimum absolute atomic E-state index is 0.253.